The topological polar surface area (TPSA) is 74.6 Å². The van der Waals surface area contributed by atoms with Crippen molar-refractivity contribution in [2.24, 2.45) is 11.3 Å². The lowest BCUT2D eigenvalue weighted by Gasteiger charge is -2.33. The van der Waals surface area contributed by atoms with Crippen LogP contribution in [0.1, 0.15) is 49.4 Å². The highest BCUT2D eigenvalue weighted by Gasteiger charge is 2.34. The monoisotopic (exact) mass is 382 g/mol. The van der Waals surface area contributed by atoms with Crippen LogP contribution in [0.3, 0.4) is 0 Å². The van der Waals surface area contributed by atoms with Gasteiger partial charge in [-0.1, -0.05) is 44.2 Å². The van der Waals surface area contributed by atoms with Gasteiger partial charge in [0.2, 0.25) is 0 Å². The summed E-state index contributed by atoms with van der Waals surface area (Å²) in [5.74, 6) is -1.68. The van der Waals surface area contributed by atoms with Gasteiger partial charge < -0.3 is 10.2 Å². The molecule has 4 heteroatoms. The number of hydrogen-bond donors (Lipinski definition) is 2. The molecule has 0 bridgehead atoms. The zero-order valence-electron chi connectivity index (χ0n) is 17.4. The average molecular weight is 383 g/mol. The summed E-state index contributed by atoms with van der Waals surface area (Å²) in [5.41, 5.74) is 5.50. The second kappa shape index (κ2) is 8.27. The Balaban J connectivity index is 2.65. The molecule has 2 N–H and O–H groups in total. The summed E-state index contributed by atoms with van der Waals surface area (Å²) in [6, 6.07) is 4.21. The van der Waals surface area contributed by atoms with Crippen LogP contribution in [0.2, 0.25) is 0 Å². The van der Waals surface area contributed by atoms with Crippen LogP contribution in [-0.4, -0.2) is 28.6 Å². The van der Waals surface area contributed by atoms with E-state index in [-0.39, 0.29) is 23.5 Å². The number of aliphatic hydroxyl groups excluding tert-OH is 1. The van der Waals surface area contributed by atoms with Gasteiger partial charge in [-0.3, -0.25) is 4.79 Å². The minimum atomic E-state index is -1.23. The lowest BCUT2D eigenvalue weighted by atomic mass is 9.72. The van der Waals surface area contributed by atoms with E-state index in [1.165, 1.54) is 12.2 Å². The number of carbonyl (C=O) groups is 2. The van der Waals surface area contributed by atoms with Crippen molar-refractivity contribution in [1.82, 2.24) is 0 Å². The van der Waals surface area contributed by atoms with Crippen LogP contribution in [0, 0.1) is 25.2 Å². The molecule has 1 aliphatic rings. The van der Waals surface area contributed by atoms with Crippen LogP contribution in [0.4, 0.5) is 0 Å². The van der Waals surface area contributed by atoms with E-state index in [1.54, 1.807) is 6.92 Å². The van der Waals surface area contributed by atoms with Crippen molar-refractivity contribution in [3.63, 3.8) is 0 Å². The van der Waals surface area contributed by atoms with Gasteiger partial charge in [0, 0.05) is 6.61 Å². The fourth-order valence-electron chi connectivity index (χ4n) is 3.85. The van der Waals surface area contributed by atoms with E-state index in [0.717, 1.165) is 39.8 Å². The molecule has 28 heavy (non-hydrogen) atoms. The molecule has 1 aliphatic carbocycles. The van der Waals surface area contributed by atoms with Crippen molar-refractivity contribution >= 4 is 17.3 Å². The standard InChI is InChI=1S/C24H30O4/c1-7-19(23(27)28)22(26)12-18-9-16(4)21(24(5,6)13-25)11-17-8-14(2)15(3)10-20(17)18/h7-8,10,12,21,25H,4,9,11,13H2,1-3,5-6H3,(H,27,28)/b18-12+,19-7+/t21-/m0/s1. The highest BCUT2D eigenvalue weighted by atomic mass is 16.4. The smallest absolute Gasteiger partial charge is 0.339 e. The zero-order valence-corrected chi connectivity index (χ0v) is 17.4. The number of carboxylic acid groups (broad SMARTS) is 1. The number of rotatable bonds is 5. The first-order chi connectivity index (χ1) is 13.0. The van der Waals surface area contributed by atoms with Gasteiger partial charge in [-0.25, -0.2) is 4.79 Å². The number of carboxylic acids is 1. The molecule has 0 heterocycles. The molecule has 150 valence electrons. The predicted molar refractivity (Wildman–Crippen MR) is 112 cm³/mol. The lowest BCUT2D eigenvalue weighted by Crippen LogP contribution is -2.30. The number of aliphatic carboxylic acids is 1. The largest absolute Gasteiger partial charge is 0.478 e. The lowest BCUT2D eigenvalue weighted by molar-refractivity contribution is -0.134. The predicted octanol–water partition coefficient (Wildman–Crippen LogP) is 4.42. The SMILES string of the molecule is C=C1C/C(=C\C(=O)/C(=C\C)C(=O)O)c2cc(C)c(C)cc2C[C@@H]1C(C)(C)CO. The molecule has 1 atom stereocenters. The first kappa shape index (κ1) is 21.8. The summed E-state index contributed by atoms with van der Waals surface area (Å²) >= 11 is 0. The van der Waals surface area contributed by atoms with E-state index >= 15 is 0 Å². The number of aryl methyl sites for hydroxylation is 2. The highest BCUT2D eigenvalue weighted by Crippen LogP contribution is 2.43. The highest BCUT2D eigenvalue weighted by molar-refractivity contribution is 6.22. The molecule has 0 unspecified atom stereocenters. The molecule has 0 aliphatic heterocycles. The second-order valence-corrected chi connectivity index (χ2v) is 8.37. The van der Waals surface area contributed by atoms with Crippen molar-refractivity contribution in [2.45, 2.75) is 47.5 Å². The Bertz CT molecular complexity index is 884. The van der Waals surface area contributed by atoms with Gasteiger partial charge in [0.1, 0.15) is 5.57 Å². The van der Waals surface area contributed by atoms with E-state index in [9.17, 15) is 19.8 Å². The Morgan fingerprint density at radius 3 is 2.39 bits per heavy atom. The van der Waals surface area contributed by atoms with Crippen molar-refractivity contribution < 1.29 is 19.8 Å². The molecule has 2 rings (SSSR count). The maximum absolute atomic E-state index is 12.6. The van der Waals surface area contributed by atoms with E-state index < -0.39 is 11.8 Å². The van der Waals surface area contributed by atoms with E-state index in [0.29, 0.717) is 6.42 Å². The molecule has 0 saturated carbocycles. The van der Waals surface area contributed by atoms with Crippen molar-refractivity contribution in [2.75, 3.05) is 6.61 Å². The Morgan fingerprint density at radius 1 is 1.25 bits per heavy atom. The van der Waals surface area contributed by atoms with Crippen LogP contribution in [-0.2, 0) is 16.0 Å². The maximum atomic E-state index is 12.6. The molecular weight excluding hydrogens is 352 g/mol. The third-order valence-electron chi connectivity index (χ3n) is 5.84. The molecule has 4 nitrogen and oxygen atoms in total. The number of hydrogen-bond acceptors (Lipinski definition) is 3. The summed E-state index contributed by atoms with van der Waals surface area (Å²) in [6.45, 7) is 14.0. The van der Waals surface area contributed by atoms with Gasteiger partial charge in [-0.2, -0.15) is 0 Å². The molecule has 0 aromatic heterocycles. The van der Waals surface area contributed by atoms with Crippen LogP contribution in [0.25, 0.3) is 5.57 Å². The number of aliphatic hydroxyl groups is 1. The van der Waals surface area contributed by atoms with Gasteiger partial charge >= 0.3 is 5.97 Å². The zero-order chi connectivity index (χ0) is 21.2. The number of ketones is 1. The summed E-state index contributed by atoms with van der Waals surface area (Å²) < 4.78 is 0. The molecule has 0 fully saturated rings. The number of allylic oxidation sites excluding steroid dienone is 4. The molecule has 0 saturated heterocycles. The number of carbonyl (C=O) groups excluding carboxylic acids is 1. The first-order valence-electron chi connectivity index (χ1n) is 9.55. The van der Waals surface area contributed by atoms with Crippen LogP contribution >= 0.6 is 0 Å². The van der Waals surface area contributed by atoms with Crippen molar-refractivity contribution in [1.29, 1.82) is 0 Å². The fourth-order valence-corrected chi connectivity index (χ4v) is 3.85. The fraction of sp³-hybridized carbons (Fsp3) is 0.417. The van der Waals surface area contributed by atoms with Crippen LogP contribution < -0.4 is 0 Å². The number of benzene rings is 1. The Labute approximate surface area is 167 Å². The minimum absolute atomic E-state index is 0.0383. The summed E-state index contributed by atoms with van der Waals surface area (Å²) in [7, 11) is 0. The van der Waals surface area contributed by atoms with E-state index in [4.69, 9.17) is 0 Å². The van der Waals surface area contributed by atoms with Gasteiger partial charge in [-0.05, 0) is 78.8 Å². The minimum Gasteiger partial charge on any atom is -0.478 e. The summed E-state index contributed by atoms with van der Waals surface area (Å²) in [5, 5.41) is 19.2. The maximum Gasteiger partial charge on any atom is 0.339 e. The Hall–Kier alpha value is -2.46. The third kappa shape index (κ3) is 4.33. The van der Waals surface area contributed by atoms with Gasteiger partial charge in [0.15, 0.2) is 5.78 Å². The number of fused-ring (bicyclic) bond motifs is 1. The van der Waals surface area contributed by atoms with Crippen LogP contribution in [0.5, 0.6) is 0 Å². The van der Waals surface area contributed by atoms with Gasteiger partial charge in [0.05, 0.1) is 0 Å². The quantitative estimate of drug-likeness (QED) is 0.260. The normalized spacial score (nSPS) is 19.4. The van der Waals surface area contributed by atoms with Crippen LogP contribution in [0.15, 0.2) is 42.0 Å². The molecule has 0 amide bonds. The molecule has 0 spiro atoms. The van der Waals surface area contributed by atoms with E-state index in [2.05, 4.69) is 25.6 Å². The van der Waals surface area contributed by atoms with E-state index in [1.807, 2.05) is 20.8 Å². The van der Waals surface area contributed by atoms with Gasteiger partial charge in [0.25, 0.3) is 0 Å². The Morgan fingerprint density at radius 2 is 1.86 bits per heavy atom. The molecule has 0 radical (unpaired) electrons. The van der Waals surface area contributed by atoms with Crippen molar-refractivity contribution in [3.05, 3.63) is 64.3 Å². The summed E-state index contributed by atoms with van der Waals surface area (Å²) in [6.07, 6.45) is 3.97. The van der Waals surface area contributed by atoms with Crippen molar-refractivity contribution in [3.8, 4) is 0 Å². The average Bonchev–Trinajstić information content (AvgIpc) is 2.73. The first-order valence-corrected chi connectivity index (χ1v) is 9.55. The molecule has 1 aromatic rings. The summed E-state index contributed by atoms with van der Waals surface area (Å²) in [4.78, 5) is 24.0. The second-order valence-electron chi connectivity index (χ2n) is 8.37. The molecule has 1 aromatic carbocycles. The third-order valence-corrected chi connectivity index (χ3v) is 5.84. The Kier molecular flexibility index (Phi) is 6.45. The van der Waals surface area contributed by atoms with Gasteiger partial charge in [-0.15, -0.1) is 0 Å². The molecular formula is C24H30O4.